The summed E-state index contributed by atoms with van der Waals surface area (Å²) in [6, 6.07) is 0. The third-order valence-corrected chi connectivity index (χ3v) is 1.66. The highest BCUT2D eigenvalue weighted by atomic mass is 16.6. The van der Waals surface area contributed by atoms with Gasteiger partial charge < -0.3 is 14.6 Å². The molecule has 0 radical (unpaired) electrons. The summed E-state index contributed by atoms with van der Waals surface area (Å²) in [6.45, 7) is 8.46. The molecular weight excluding hydrogens is 226 g/mol. The Morgan fingerprint density at radius 3 is 2.35 bits per heavy atom. The fraction of sp³-hybridized carbons (Fsp3) is 0.636. The summed E-state index contributed by atoms with van der Waals surface area (Å²) >= 11 is 0. The number of carbonyl (C=O) groups excluding carboxylic acids is 2. The van der Waals surface area contributed by atoms with E-state index in [-0.39, 0.29) is 6.54 Å². The highest BCUT2D eigenvalue weighted by Crippen LogP contribution is 2.11. The van der Waals surface area contributed by atoms with E-state index < -0.39 is 23.9 Å². The molecule has 0 aromatic rings. The van der Waals surface area contributed by atoms with Crippen LogP contribution >= 0.6 is 0 Å². The molecule has 6 heteroatoms. The van der Waals surface area contributed by atoms with Crippen LogP contribution in [0, 0.1) is 0 Å². The number of nitrogens with zero attached hydrogens (tertiary/aromatic N) is 1. The molecule has 17 heavy (non-hydrogen) atoms. The number of amides is 1. The summed E-state index contributed by atoms with van der Waals surface area (Å²) < 4.78 is 9.39. The Balaban J connectivity index is 4.78. The Bertz CT molecular complexity index is 295. The van der Waals surface area contributed by atoms with Crippen molar-refractivity contribution in [1.82, 2.24) is 4.90 Å². The molecular formula is C11H19NO5. The van der Waals surface area contributed by atoms with Crippen LogP contribution in [0.2, 0.25) is 0 Å². The van der Waals surface area contributed by atoms with Crippen molar-refractivity contribution in [2.45, 2.75) is 32.6 Å². The van der Waals surface area contributed by atoms with Gasteiger partial charge >= 0.3 is 12.1 Å². The molecule has 1 atom stereocenters. The quantitative estimate of drug-likeness (QED) is 0.452. The van der Waals surface area contributed by atoms with E-state index in [9.17, 15) is 14.7 Å². The molecule has 0 aromatic heterocycles. The van der Waals surface area contributed by atoms with Gasteiger partial charge in [0.25, 0.3) is 0 Å². The van der Waals surface area contributed by atoms with Crippen LogP contribution in [0.15, 0.2) is 12.7 Å². The number of hydrogen-bond donors (Lipinski definition) is 1. The van der Waals surface area contributed by atoms with Crippen LogP contribution in [0.1, 0.15) is 20.8 Å². The van der Waals surface area contributed by atoms with Gasteiger partial charge in [0.2, 0.25) is 6.23 Å². The van der Waals surface area contributed by atoms with Gasteiger partial charge in [0, 0.05) is 6.54 Å². The van der Waals surface area contributed by atoms with Crippen LogP contribution in [0.3, 0.4) is 0 Å². The predicted molar refractivity (Wildman–Crippen MR) is 61.2 cm³/mol. The summed E-state index contributed by atoms with van der Waals surface area (Å²) in [6.07, 6.45) is -1.14. The maximum absolute atomic E-state index is 11.7. The minimum atomic E-state index is -1.70. The third kappa shape index (κ3) is 5.35. The van der Waals surface area contributed by atoms with Crippen molar-refractivity contribution in [3.63, 3.8) is 0 Å². The molecule has 0 rings (SSSR count). The van der Waals surface area contributed by atoms with Crippen molar-refractivity contribution in [3.05, 3.63) is 12.7 Å². The first-order valence-corrected chi connectivity index (χ1v) is 5.09. The molecule has 0 saturated carbocycles. The molecule has 0 saturated heterocycles. The van der Waals surface area contributed by atoms with Crippen molar-refractivity contribution in [2.75, 3.05) is 13.7 Å². The van der Waals surface area contributed by atoms with Gasteiger partial charge in [0.05, 0.1) is 7.11 Å². The molecule has 0 aromatic carbocycles. The lowest BCUT2D eigenvalue weighted by Crippen LogP contribution is -2.47. The Morgan fingerprint density at radius 2 is 2.00 bits per heavy atom. The lowest BCUT2D eigenvalue weighted by atomic mass is 10.2. The van der Waals surface area contributed by atoms with Gasteiger partial charge in [-0.15, -0.1) is 6.58 Å². The van der Waals surface area contributed by atoms with E-state index >= 15 is 0 Å². The van der Waals surface area contributed by atoms with E-state index in [1.807, 2.05) is 0 Å². The van der Waals surface area contributed by atoms with Crippen molar-refractivity contribution in [2.24, 2.45) is 0 Å². The highest BCUT2D eigenvalue weighted by molar-refractivity contribution is 5.80. The lowest BCUT2D eigenvalue weighted by molar-refractivity contribution is -0.160. The lowest BCUT2D eigenvalue weighted by Gasteiger charge is -2.28. The number of ether oxygens (including phenoxy) is 2. The summed E-state index contributed by atoms with van der Waals surface area (Å²) in [5, 5.41) is 9.58. The van der Waals surface area contributed by atoms with E-state index in [2.05, 4.69) is 11.3 Å². The summed E-state index contributed by atoms with van der Waals surface area (Å²) in [5.74, 6) is -0.933. The SMILES string of the molecule is C=CCN(C(=O)OC(C)(C)C)C(O)C(=O)OC. The van der Waals surface area contributed by atoms with Gasteiger partial charge in [-0.3, -0.25) is 4.90 Å². The van der Waals surface area contributed by atoms with Crippen molar-refractivity contribution in [3.8, 4) is 0 Å². The van der Waals surface area contributed by atoms with Crippen LogP contribution in [-0.2, 0) is 14.3 Å². The number of esters is 1. The maximum atomic E-state index is 11.7. The standard InChI is InChI=1S/C11H19NO5/c1-6-7-12(8(13)9(14)16-5)10(15)17-11(2,3)4/h6,8,13H,1,7H2,2-5H3. The van der Waals surface area contributed by atoms with Crippen LogP contribution < -0.4 is 0 Å². The zero-order valence-electron chi connectivity index (χ0n) is 10.6. The van der Waals surface area contributed by atoms with E-state index in [0.29, 0.717) is 0 Å². The predicted octanol–water partition coefficient (Wildman–Crippen LogP) is 0.901. The minimum Gasteiger partial charge on any atom is -0.466 e. The zero-order valence-corrected chi connectivity index (χ0v) is 10.6. The first-order valence-electron chi connectivity index (χ1n) is 5.09. The van der Waals surface area contributed by atoms with E-state index in [1.54, 1.807) is 20.8 Å². The van der Waals surface area contributed by atoms with Gasteiger partial charge in [0.1, 0.15) is 5.60 Å². The largest absolute Gasteiger partial charge is 0.466 e. The smallest absolute Gasteiger partial charge is 0.413 e. The second-order valence-corrected chi connectivity index (χ2v) is 4.32. The Morgan fingerprint density at radius 1 is 1.47 bits per heavy atom. The van der Waals surface area contributed by atoms with Crippen LogP contribution in [-0.4, -0.2) is 47.6 Å². The van der Waals surface area contributed by atoms with Crippen LogP contribution in [0.25, 0.3) is 0 Å². The van der Waals surface area contributed by atoms with E-state index in [1.165, 1.54) is 6.08 Å². The zero-order chi connectivity index (χ0) is 13.6. The van der Waals surface area contributed by atoms with Gasteiger partial charge in [-0.05, 0) is 20.8 Å². The average Bonchev–Trinajstić information content (AvgIpc) is 2.21. The number of aliphatic hydroxyl groups excluding tert-OH is 1. The molecule has 0 bridgehead atoms. The van der Waals surface area contributed by atoms with E-state index in [4.69, 9.17) is 4.74 Å². The topological polar surface area (TPSA) is 76.1 Å². The molecule has 6 nitrogen and oxygen atoms in total. The second-order valence-electron chi connectivity index (χ2n) is 4.32. The average molecular weight is 245 g/mol. The molecule has 0 spiro atoms. The van der Waals surface area contributed by atoms with Crippen LogP contribution in [0.4, 0.5) is 4.79 Å². The normalized spacial score (nSPS) is 12.5. The fourth-order valence-electron chi connectivity index (χ4n) is 0.967. The van der Waals surface area contributed by atoms with Gasteiger partial charge in [-0.25, -0.2) is 9.59 Å². The van der Waals surface area contributed by atoms with Crippen LogP contribution in [0.5, 0.6) is 0 Å². The van der Waals surface area contributed by atoms with E-state index in [0.717, 1.165) is 12.0 Å². The molecule has 98 valence electrons. The summed E-state index contributed by atoms with van der Waals surface area (Å²) in [4.78, 5) is 23.7. The monoisotopic (exact) mass is 245 g/mol. The van der Waals surface area contributed by atoms with Crippen molar-refractivity contribution >= 4 is 12.1 Å². The van der Waals surface area contributed by atoms with Gasteiger partial charge in [-0.1, -0.05) is 6.08 Å². The first-order chi connectivity index (χ1) is 7.72. The molecule has 0 fully saturated rings. The molecule has 0 aliphatic rings. The number of carbonyl (C=O) groups is 2. The third-order valence-electron chi connectivity index (χ3n) is 1.66. The van der Waals surface area contributed by atoms with Gasteiger partial charge in [0.15, 0.2) is 0 Å². The van der Waals surface area contributed by atoms with Crippen molar-refractivity contribution < 1.29 is 24.2 Å². The summed E-state index contributed by atoms with van der Waals surface area (Å²) in [7, 11) is 1.12. The molecule has 0 heterocycles. The second kappa shape index (κ2) is 6.24. The number of hydrogen-bond acceptors (Lipinski definition) is 5. The Hall–Kier alpha value is -1.56. The number of rotatable bonds is 4. The highest BCUT2D eigenvalue weighted by Gasteiger charge is 2.31. The molecule has 1 unspecified atom stereocenters. The first kappa shape index (κ1) is 15.4. The Labute approximate surface area is 101 Å². The summed E-state index contributed by atoms with van der Waals surface area (Å²) in [5.41, 5.74) is -0.716. The molecule has 1 N–H and O–H groups in total. The maximum Gasteiger partial charge on any atom is 0.413 e. The minimum absolute atomic E-state index is 0.0226. The number of methoxy groups -OCH3 is 1. The molecule has 1 amide bonds. The number of aliphatic hydroxyl groups is 1. The fourth-order valence-corrected chi connectivity index (χ4v) is 0.967. The van der Waals surface area contributed by atoms with Gasteiger partial charge in [-0.2, -0.15) is 0 Å². The van der Waals surface area contributed by atoms with Crippen molar-refractivity contribution in [1.29, 1.82) is 0 Å². The Kier molecular flexibility index (Phi) is 5.67. The molecule has 0 aliphatic heterocycles. The molecule has 0 aliphatic carbocycles.